The van der Waals surface area contributed by atoms with Crippen LogP contribution in [0.2, 0.25) is 0 Å². The Balaban J connectivity index is 1.43. The number of hydrogen-bond acceptors (Lipinski definition) is 4. The van der Waals surface area contributed by atoms with Gasteiger partial charge in [-0.15, -0.1) is 0 Å². The summed E-state index contributed by atoms with van der Waals surface area (Å²) >= 11 is 0. The van der Waals surface area contributed by atoms with E-state index in [0.29, 0.717) is 24.7 Å². The van der Waals surface area contributed by atoms with Gasteiger partial charge in [-0.05, 0) is 17.7 Å². The van der Waals surface area contributed by atoms with Gasteiger partial charge in [-0.3, -0.25) is 9.59 Å². The standard InChI is InChI=1S/C20H22N2O4/c1-22(13-16-14-25-17-9-5-6-10-18(17)26-16)20(24)12-21-19(23)11-15-7-3-2-4-8-15/h2-10,16H,11-14H2,1H3,(H,21,23). The van der Waals surface area contributed by atoms with E-state index in [1.807, 2.05) is 54.6 Å². The van der Waals surface area contributed by atoms with Crippen molar-refractivity contribution in [1.82, 2.24) is 10.2 Å². The van der Waals surface area contributed by atoms with Gasteiger partial charge in [0.2, 0.25) is 11.8 Å². The molecule has 0 aromatic heterocycles. The lowest BCUT2D eigenvalue weighted by atomic mass is 10.1. The summed E-state index contributed by atoms with van der Waals surface area (Å²) in [6.45, 7) is 0.739. The van der Waals surface area contributed by atoms with Gasteiger partial charge in [0.05, 0.1) is 19.5 Å². The largest absolute Gasteiger partial charge is 0.486 e. The van der Waals surface area contributed by atoms with Crippen LogP contribution in [0.25, 0.3) is 0 Å². The summed E-state index contributed by atoms with van der Waals surface area (Å²) in [5.41, 5.74) is 0.914. The number of carbonyl (C=O) groups excluding carboxylic acids is 2. The van der Waals surface area contributed by atoms with Crippen molar-refractivity contribution in [3.05, 3.63) is 60.2 Å². The SMILES string of the molecule is CN(CC1COc2ccccc2O1)C(=O)CNC(=O)Cc1ccccc1. The molecule has 0 saturated carbocycles. The van der Waals surface area contributed by atoms with Crippen LogP contribution in [-0.4, -0.2) is 49.6 Å². The minimum atomic E-state index is -0.237. The first-order valence-corrected chi connectivity index (χ1v) is 8.55. The highest BCUT2D eigenvalue weighted by Crippen LogP contribution is 2.30. The van der Waals surface area contributed by atoms with Crippen LogP contribution in [0.15, 0.2) is 54.6 Å². The van der Waals surface area contributed by atoms with Crippen LogP contribution in [0.5, 0.6) is 11.5 Å². The number of likely N-dealkylation sites (N-methyl/N-ethyl adjacent to an activating group) is 1. The number of benzene rings is 2. The van der Waals surface area contributed by atoms with Crippen LogP contribution in [0.1, 0.15) is 5.56 Å². The maximum absolute atomic E-state index is 12.2. The van der Waals surface area contributed by atoms with Gasteiger partial charge >= 0.3 is 0 Å². The van der Waals surface area contributed by atoms with E-state index < -0.39 is 0 Å². The lowest BCUT2D eigenvalue weighted by Gasteiger charge is -2.29. The van der Waals surface area contributed by atoms with Gasteiger partial charge in [0.15, 0.2) is 17.6 Å². The second-order valence-electron chi connectivity index (χ2n) is 6.21. The molecule has 0 bridgehead atoms. The van der Waals surface area contributed by atoms with Gasteiger partial charge in [-0.2, -0.15) is 0 Å². The molecule has 0 fully saturated rings. The van der Waals surface area contributed by atoms with Gasteiger partial charge in [-0.1, -0.05) is 42.5 Å². The summed E-state index contributed by atoms with van der Waals surface area (Å²) in [6, 6.07) is 16.9. The zero-order chi connectivity index (χ0) is 18.4. The topological polar surface area (TPSA) is 67.9 Å². The first-order chi connectivity index (χ1) is 12.6. The van der Waals surface area contributed by atoms with E-state index in [-0.39, 0.29) is 30.9 Å². The zero-order valence-electron chi connectivity index (χ0n) is 14.7. The third-order valence-corrected chi connectivity index (χ3v) is 4.12. The van der Waals surface area contributed by atoms with E-state index in [2.05, 4.69) is 5.32 Å². The minimum Gasteiger partial charge on any atom is -0.486 e. The van der Waals surface area contributed by atoms with Crippen LogP contribution >= 0.6 is 0 Å². The molecular weight excluding hydrogens is 332 g/mol. The predicted octanol–water partition coefficient (Wildman–Crippen LogP) is 1.64. The van der Waals surface area contributed by atoms with Gasteiger partial charge in [0.1, 0.15) is 6.61 Å². The number of ether oxygens (including phenoxy) is 2. The molecule has 0 radical (unpaired) electrons. The molecule has 1 N–H and O–H groups in total. The number of nitrogens with one attached hydrogen (secondary N) is 1. The molecule has 6 heteroatoms. The smallest absolute Gasteiger partial charge is 0.241 e. The van der Waals surface area contributed by atoms with Gasteiger partial charge < -0.3 is 19.7 Å². The molecule has 2 aromatic rings. The van der Waals surface area contributed by atoms with Gasteiger partial charge in [0, 0.05) is 7.05 Å². The maximum atomic E-state index is 12.2. The van der Waals surface area contributed by atoms with Crippen molar-refractivity contribution in [2.45, 2.75) is 12.5 Å². The minimum absolute atomic E-state index is 0.0354. The van der Waals surface area contributed by atoms with E-state index in [1.165, 1.54) is 0 Å². The molecule has 6 nitrogen and oxygen atoms in total. The second kappa shape index (κ2) is 8.38. The molecule has 0 spiro atoms. The quantitative estimate of drug-likeness (QED) is 0.856. The first kappa shape index (κ1) is 17.8. The molecule has 1 heterocycles. The van der Waals surface area contributed by atoms with Crippen LogP contribution in [0.3, 0.4) is 0 Å². The molecule has 1 aliphatic heterocycles. The molecule has 1 unspecified atom stereocenters. The third-order valence-electron chi connectivity index (χ3n) is 4.12. The highest BCUT2D eigenvalue weighted by molar-refractivity contribution is 5.85. The van der Waals surface area contributed by atoms with E-state index in [1.54, 1.807) is 11.9 Å². The van der Waals surface area contributed by atoms with Crippen molar-refractivity contribution >= 4 is 11.8 Å². The highest BCUT2D eigenvalue weighted by atomic mass is 16.6. The first-order valence-electron chi connectivity index (χ1n) is 8.55. The lowest BCUT2D eigenvalue weighted by Crippen LogP contribution is -2.45. The van der Waals surface area contributed by atoms with Crippen molar-refractivity contribution in [2.24, 2.45) is 0 Å². The number of carbonyl (C=O) groups is 2. The number of hydrogen-bond donors (Lipinski definition) is 1. The Morgan fingerprint density at radius 2 is 1.77 bits per heavy atom. The third kappa shape index (κ3) is 4.75. The van der Waals surface area contributed by atoms with Crippen molar-refractivity contribution in [1.29, 1.82) is 0 Å². The van der Waals surface area contributed by atoms with E-state index in [0.717, 1.165) is 5.56 Å². The molecule has 2 aromatic carbocycles. The van der Waals surface area contributed by atoms with E-state index >= 15 is 0 Å². The molecule has 26 heavy (non-hydrogen) atoms. The molecule has 2 amide bonds. The Kier molecular flexibility index (Phi) is 5.73. The lowest BCUT2D eigenvalue weighted by molar-refractivity contribution is -0.132. The van der Waals surface area contributed by atoms with Crippen molar-refractivity contribution in [3.63, 3.8) is 0 Å². The van der Waals surface area contributed by atoms with Gasteiger partial charge in [0.25, 0.3) is 0 Å². The van der Waals surface area contributed by atoms with Crippen LogP contribution in [-0.2, 0) is 16.0 Å². The number of amides is 2. The Morgan fingerprint density at radius 3 is 2.54 bits per heavy atom. The molecule has 0 saturated heterocycles. The number of fused-ring (bicyclic) bond motifs is 1. The number of rotatable bonds is 6. The Hall–Kier alpha value is -3.02. The maximum Gasteiger partial charge on any atom is 0.241 e. The highest BCUT2D eigenvalue weighted by Gasteiger charge is 2.23. The van der Waals surface area contributed by atoms with Crippen molar-refractivity contribution in [3.8, 4) is 11.5 Å². The summed E-state index contributed by atoms with van der Waals surface area (Å²) in [4.78, 5) is 25.7. The fourth-order valence-electron chi connectivity index (χ4n) is 2.71. The summed E-state index contributed by atoms with van der Waals surface area (Å²) in [7, 11) is 1.69. The molecule has 0 aliphatic carbocycles. The van der Waals surface area contributed by atoms with Crippen LogP contribution in [0, 0.1) is 0 Å². The summed E-state index contributed by atoms with van der Waals surface area (Å²) in [6.07, 6.45) is 0.0210. The molecule has 136 valence electrons. The summed E-state index contributed by atoms with van der Waals surface area (Å²) in [5, 5.41) is 2.66. The van der Waals surface area contributed by atoms with Crippen molar-refractivity contribution in [2.75, 3.05) is 26.7 Å². The van der Waals surface area contributed by atoms with Crippen LogP contribution < -0.4 is 14.8 Å². The Morgan fingerprint density at radius 1 is 1.08 bits per heavy atom. The summed E-state index contributed by atoms with van der Waals surface area (Å²) < 4.78 is 11.5. The molecule has 1 atom stereocenters. The predicted molar refractivity (Wildman–Crippen MR) is 97.1 cm³/mol. The second-order valence-corrected chi connectivity index (χ2v) is 6.21. The van der Waals surface area contributed by atoms with E-state index in [4.69, 9.17) is 9.47 Å². The number of para-hydroxylation sites is 2. The average molecular weight is 354 g/mol. The normalized spacial score (nSPS) is 15.2. The van der Waals surface area contributed by atoms with Gasteiger partial charge in [-0.25, -0.2) is 0 Å². The van der Waals surface area contributed by atoms with E-state index in [9.17, 15) is 9.59 Å². The zero-order valence-corrected chi connectivity index (χ0v) is 14.7. The Bertz CT molecular complexity index is 763. The molecule has 3 rings (SSSR count). The number of nitrogens with zero attached hydrogens (tertiary/aromatic N) is 1. The fourth-order valence-corrected chi connectivity index (χ4v) is 2.71. The Labute approximate surface area is 152 Å². The molecular formula is C20H22N2O4. The van der Waals surface area contributed by atoms with Crippen molar-refractivity contribution < 1.29 is 19.1 Å². The fraction of sp³-hybridized carbons (Fsp3) is 0.300. The summed E-state index contributed by atoms with van der Waals surface area (Å²) in [5.74, 6) is 1.05. The van der Waals surface area contributed by atoms with Crippen LogP contribution in [0.4, 0.5) is 0 Å². The monoisotopic (exact) mass is 354 g/mol. The molecule has 1 aliphatic rings. The average Bonchev–Trinajstić information content (AvgIpc) is 2.66.